The van der Waals surface area contributed by atoms with Crippen molar-refractivity contribution in [3.8, 4) is 0 Å². The van der Waals surface area contributed by atoms with Crippen LogP contribution in [0.15, 0.2) is 0 Å². The van der Waals surface area contributed by atoms with E-state index in [1.54, 1.807) is 0 Å². The third kappa shape index (κ3) is 30.3. The molecule has 0 aliphatic rings. The Morgan fingerprint density at radius 3 is 1.58 bits per heavy atom. The first-order valence-corrected chi connectivity index (χ1v) is 21.8. The molecule has 0 fully saturated rings. The Labute approximate surface area is 311 Å². The molecule has 0 saturated carbocycles. The molecule has 7 nitrogen and oxygen atoms in total. The van der Waals surface area contributed by atoms with Crippen LogP contribution in [0.1, 0.15) is 203 Å². The molecule has 0 amide bonds. The molecule has 0 aromatic carbocycles. The first-order valence-electron chi connectivity index (χ1n) is 21.8. The number of rotatable bonds is 37. The van der Waals surface area contributed by atoms with E-state index in [0.29, 0.717) is 31.6 Å². The van der Waals surface area contributed by atoms with Crippen molar-refractivity contribution in [3.63, 3.8) is 0 Å². The molecule has 0 aliphatic carbocycles. The van der Waals surface area contributed by atoms with Gasteiger partial charge in [0, 0.05) is 32.1 Å². The Morgan fingerprint density at radius 1 is 0.540 bits per heavy atom. The van der Waals surface area contributed by atoms with E-state index in [0.717, 1.165) is 103 Å². The summed E-state index contributed by atoms with van der Waals surface area (Å²) in [7, 11) is 0. The average Bonchev–Trinajstić information content (AvgIpc) is 3.10. The van der Waals surface area contributed by atoms with E-state index in [-0.39, 0.29) is 12.1 Å². The quantitative estimate of drug-likeness (QED) is 0.0469. The van der Waals surface area contributed by atoms with E-state index < -0.39 is 6.16 Å². The highest BCUT2D eigenvalue weighted by atomic mass is 16.7. The summed E-state index contributed by atoms with van der Waals surface area (Å²) in [6.45, 7) is 21.3. The molecule has 0 saturated heterocycles. The van der Waals surface area contributed by atoms with Gasteiger partial charge in [-0.25, -0.2) is 4.79 Å². The van der Waals surface area contributed by atoms with Crippen LogP contribution in [-0.4, -0.2) is 80.0 Å². The Bertz CT molecular complexity index is 745. The predicted molar refractivity (Wildman–Crippen MR) is 213 cm³/mol. The first kappa shape index (κ1) is 48.7. The van der Waals surface area contributed by atoms with E-state index in [1.807, 2.05) is 0 Å². The van der Waals surface area contributed by atoms with Crippen molar-refractivity contribution in [2.24, 2.45) is 5.92 Å². The van der Waals surface area contributed by atoms with Gasteiger partial charge in [-0.15, -0.1) is 0 Å². The molecule has 50 heavy (non-hydrogen) atoms. The summed E-state index contributed by atoms with van der Waals surface area (Å²) in [5.41, 5.74) is 0. The molecule has 0 bridgehead atoms. The van der Waals surface area contributed by atoms with Gasteiger partial charge in [0.1, 0.15) is 12.7 Å². The second-order valence-electron chi connectivity index (χ2n) is 15.1. The zero-order valence-electron chi connectivity index (χ0n) is 34.6. The van der Waals surface area contributed by atoms with E-state index in [1.165, 1.54) is 77.0 Å². The minimum atomic E-state index is -0.518. The van der Waals surface area contributed by atoms with Gasteiger partial charge in [-0.1, -0.05) is 137 Å². The van der Waals surface area contributed by atoms with E-state index in [4.69, 9.17) is 14.2 Å². The number of carbonyl (C=O) groups is 2. The van der Waals surface area contributed by atoms with Crippen LogP contribution in [-0.2, 0) is 19.0 Å². The van der Waals surface area contributed by atoms with Crippen LogP contribution in [0.5, 0.6) is 0 Å². The summed E-state index contributed by atoms with van der Waals surface area (Å²) in [5, 5.41) is 0. The Balaban J connectivity index is 4.31. The zero-order valence-corrected chi connectivity index (χ0v) is 34.6. The molecular formula is C43H86N2O5. The van der Waals surface area contributed by atoms with Crippen LogP contribution < -0.4 is 0 Å². The number of hydrogen-bond donors (Lipinski definition) is 0. The van der Waals surface area contributed by atoms with Gasteiger partial charge in [-0.2, -0.15) is 0 Å². The standard InChI is InChI=1S/C43H86N2O5/c1-8-13-16-18-21-26-30-40(29-25-17-14-9-2)38-49-42(46)33-28-23-20-19-22-27-32-41(31-24-15-10-3)50-43(47)48-37-36-45(39(6)7)35-34-44(11-4)12-5/h39-41H,8-38H2,1-7H3. The number of hydrogen-bond acceptors (Lipinski definition) is 7. The van der Waals surface area contributed by atoms with Crippen molar-refractivity contribution in [2.75, 3.05) is 45.9 Å². The normalized spacial score (nSPS) is 12.9. The third-order valence-electron chi connectivity index (χ3n) is 10.4. The number of esters is 1. The fraction of sp³-hybridized carbons (Fsp3) is 0.953. The second kappa shape index (κ2) is 36.0. The summed E-state index contributed by atoms with van der Waals surface area (Å²) in [4.78, 5) is 29.9. The summed E-state index contributed by atoms with van der Waals surface area (Å²) in [6.07, 6.45) is 27.0. The van der Waals surface area contributed by atoms with Gasteiger partial charge in [-0.05, 0) is 77.8 Å². The number of carbonyl (C=O) groups excluding carboxylic acids is 2. The fourth-order valence-corrected chi connectivity index (χ4v) is 6.75. The first-order chi connectivity index (χ1) is 24.3. The molecular weight excluding hydrogens is 624 g/mol. The molecule has 0 rings (SSSR count). The maximum Gasteiger partial charge on any atom is 0.508 e. The van der Waals surface area contributed by atoms with Crippen molar-refractivity contribution in [3.05, 3.63) is 0 Å². The molecule has 0 radical (unpaired) electrons. The maximum atomic E-state index is 12.6. The fourth-order valence-electron chi connectivity index (χ4n) is 6.75. The van der Waals surface area contributed by atoms with Crippen LogP contribution >= 0.6 is 0 Å². The number of unbranched alkanes of at least 4 members (excludes halogenated alkanes) is 15. The van der Waals surface area contributed by atoms with E-state index in [2.05, 4.69) is 58.3 Å². The van der Waals surface area contributed by atoms with Crippen molar-refractivity contribution in [1.29, 1.82) is 0 Å². The van der Waals surface area contributed by atoms with Gasteiger partial charge < -0.3 is 19.1 Å². The molecule has 0 spiro atoms. The van der Waals surface area contributed by atoms with Crippen LogP contribution in [0, 0.1) is 5.92 Å². The highest BCUT2D eigenvalue weighted by Crippen LogP contribution is 2.20. The van der Waals surface area contributed by atoms with Crippen molar-refractivity contribution < 1.29 is 23.8 Å². The highest BCUT2D eigenvalue weighted by molar-refractivity contribution is 5.69. The number of ether oxygens (including phenoxy) is 3. The SMILES string of the molecule is CCCCCCCCC(CCCCCC)COC(=O)CCCCCCCCC(CCCCC)OC(=O)OCCN(CCN(CC)CC)C(C)C. The van der Waals surface area contributed by atoms with Crippen LogP contribution in [0.25, 0.3) is 0 Å². The molecule has 2 unspecified atom stereocenters. The molecule has 0 heterocycles. The highest BCUT2D eigenvalue weighted by Gasteiger charge is 2.17. The number of likely N-dealkylation sites (N-methyl/N-ethyl adjacent to an activating group) is 1. The minimum absolute atomic E-state index is 0.0120. The zero-order chi connectivity index (χ0) is 37.1. The Hall–Kier alpha value is -1.34. The molecule has 0 aromatic heterocycles. The summed E-state index contributed by atoms with van der Waals surface area (Å²) < 4.78 is 17.1. The van der Waals surface area contributed by atoms with Gasteiger partial charge in [0.25, 0.3) is 0 Å². The largest absolute Gasteiger partial charge is 0.508 e. The number of nitrogens with zero attached hydrogens (tertiary/aromatic N) is 2. The van der Waals surface area contributed by atoms with Crippen molar-refractivity contribution in [2.45, 2.75) is 215 Å². The van der Waals surface area contributed by atoms with Crippen LogP contribution in [0.3, 0.4) is 0 Å². The van der Waals surface area contributed by atoms with Crippen molar-refractivity contribution in [1.82, 2.24) is 9.80 Å². The lowest BCUT2D eigenvalue weighted by Gasteiger charge is -2.29. The Kier molecular flexibility index (Phi) is 35.1. The van der Waals surface area contributed by atoms with Gasteiger partial charge in [-0.3, -0.25) is 9.69 Å². The second-order valence-corrected chi connectivity index (χ2v) is 15.1. The molecule has 0 N–H and O–H groups in total. The predicted octanol–water partition coefficient (Wildman–Crippen LogP) is 12.1. The van der Waals surface area contributed by atoms with Gasteiger partial charge in [0.15, 0.2) is 0 Å². The molecule has 2 atom stereocenters. The summed E-state index contributed by atoms with van der Waals surface area (Å²) in [5.74, 6) is 0.517. The topological polar surface area (TPSA) is 68.3 Å². The van der Waals surface area contributed by atoms with Crippen LogP contribution in [0.2, 0.25) is 0 Å². The molecule has 0 aromatic rings. The molecule has 298 valence electrons. The lowest BCUT2D eigenvalue weighted by Crippen LogP contribution is -2.40. The van der Waals surface area contributed by atoms with E-state index in [9.17, 15) is 9.59 Å². The maximum absolute atomic E-state index is 12.6. The van der Waals surface area contributed by atoms with Gasteiger partial charge in [0.05, 0.1) is 6.61 Å². The van der Waals surface area contributed by atoms with Crippen LogP contribution in [0.4, 0.5) is 4.79 Å². The van der Waals surface area contributed by atoms with E-state index >= 15 is 0 Å². The van der Waals surface area contributed by atoms with Gasteiger partial charge in [0.2, 0.25) is 0 Å². The minimum Gasteiger partial charge on any atom is -0.465 e. The average molecular weight is 711 g/mol. The van der Waals surface area contributed by atoms with Crippen molar-refractivity contribution >= 4 is 12.1 Å². The molecule has 0 aliphatic heterocycles. The molecule has 7 heteroatoms. The van der Waals surface area contributed by atoms with Gasteiger partial charge >= 0.3 is 12.1 Å². The summed E-state index contributed by atoms with van der Waals surface area (Å²) >= 11 is 0. The third-order valence-corrected chi connectivity index (χ3v) is 10.4. The lowest BCUT2D eigenvalue weighted by atomic mass is 9.95. The summed E-state index contributed by atoms with van der Waals surface area (Å²) in [6, 6.07) is 0.406. The monoisotopic (exact) mass is 711 g/mol. The smallest absolute Gasteiger partial charge is 0.465 e. The Morgan fingerprint density at radius 2 is 1.02 bits per heavy atom. The lowest BCUT2D eigenvalue weighted by molar-refractivity contribution is -0.145.